The van der Waals surface area contributed by atoms with Crippen LogP contribution in [0.3, 0.4) is 0 Å². The molecule has 0 aliphatic rings. The van der Waals surface area contributed by atoms with Crippen LogP contribution in [0.4, 0.5) is 30.7 Å². The van der Waals surface area contributed by atoms with Crippen LogP contribution in [-0.2, 0) is 4.74 Å². The third kappa shape index (κ3) is 4.26. The minimum absolute atomic E-state index is 0.176. The highest BCUT2D eigenvalue weighted by Gasteiger charge is 2.73. The van der Waals surface area contributed by atoms with Gasteiger partial charge >= 0.3 is 24.1 Å². The van der Waals surface area contributed by atoms with E-state index < -0.39 is 24.1 Å². The number of halogens is 7. The van der Waals surface area contributed by atoms with Gasteiger partial charge in [-0.1, -0.05) is 6.07 Å². The van der Waals surface area contributed by atoms with E-state index in [1.165, 1.54) is 25.3 Å². The molecule has 0 radical (unpaired) electrons. The summed E-state index contributed by atoms with van der Waals surface area (Å²) in [5.74, 6) is -6.90. The third-order valence-corrected chi connectivity index (χ3v) is 4.15. The maximum Gasteiger partial charge on any atom is 0.462 e. The standard InChI is InChI=1S/C18H16F7N3O2/c1-10-7-13(9-26-27-18(24,25)16(19,20)17(21,22)23)11(2)28(10)14-6-4-5-12(8-14)15(29)30-3/h4-9,27H,1-3H3/b26-9+. The van der Waals surface area contributed by atoms with E-state index in [1.807, 2.05) is 0 Å². The van der Waals surface area contributed by atoms with Gasteiger partial charge in [0, 0.05) is 22.6 Å². The molecule has 0 aliphatic carbocycles. The highest BCUT2D eigenvalue weighted by atomic mass is 19.4. The number of hydrazone groups is 1. The zero-order valence-corrected chi connectivity index (χ0v) is 15.8. The van der Waals surface area contributed by atoms with Crippen molar-refractivity contribution in [2.75, 3.05) is 7.11 Å². The Morgan fingerprint density at radius 1 is 1.10 bits per heavy atom. The second kappa shape index (κ2) is 8.00. The number of aryl methyl sites for hydroxylation is 1. The van der Waals surface area contributed by atoms with E-state index in [0.29, 0.717) is 28.7 Å². The lowest BCUT2D eigenvalue weighted by atomic mass is 10.2. The van der Waals surface area contributed by atoms with Crippen molar-refractivity contribution in [2.45, 2.75) is 32.0 Å². The van der Waals surface area contributed by atoms with Crippen molar-refractivity contribution >= 4 is 12.2 Å². The van der Waals surface area contributed by atoms with Gasteiger partial charge in [0.25, 0.3) is 0 Å². The number of methoxy groups -OCH3 is 1. The number of ether oxygens (including phenoxy) is 1. The molecule has 1 aromatic heterocycles. The fraction of sp³-hybridized carbons (Fsp3) is 0.333. The summed E-state index contributed by atoms with van der Waals surface area (Å²) in [6.45, 7) is 3.18. The predicted molar refractivity (Wildman–Crippen MR) is 93.3 cm³/mol. The fourth-order valence-corrected chi connectivity index (χ4v) is 2.64. The number of carbonyl (C=O) groups is 1. The monoisotopic (exact) mass is 439 g/mol. The molecule has 0 aliphatic heterocycles. The van der Waals surface area contributed by atoms with E-state index in [2.05, 4.69) is 9.84 Å². The SMILES string of the molecule is COC(=O)c1cccc(-n2c(C)cc(/C=N/NC(F)(F)C(F)(F)C(F)(F)F)c2C)c1. The average Bonchev–Trinajstić information content (AvgIpc) is 2.93. The summed E-state index contributed by atoms with van der Waals surface area (Å²) in [4.78, 5) is 11.7. The molecule has 1 N–H and O–H groups in total. The van der Waals surface area contributed by atoms with Crippen molar-refractivity contribution in [1.29, 1.82) is 0 Å². The summed E-state index contributed by atoms with van der Waals surface area (Å²) in [7, 11) is 1.21. The quantitative estimate of drug-likeness (QED) is 0.236. The number of alkyl halides is 7. The molecule has 0 bridgehead atoms. The van der Waals surface area contributed by atoms with Crippen molar-refractivity contribution in [3.05, 3.63) is 52.8 Å². The van der Waals surface area contributed by atoms with Gasteiger partial charge in [-0.3, -0.25) is 0 Å². The number of nitrogens with one attached hydrogen (secondary N) is 1. The number of hydrogen-bond acceptors (Lipinski definition) is 4. The van der Waals surface area contributed by atoms with Crippen LogP contribution in [0.1, 0.15) is 27.3 Å². The Balaban J connectivity index is 2.32. The van der Waals surface area contributed by atoms with Crippen LogP contribution in [0.2, 0.25) is 0 Å². The Hall–Kier alpha value is -3.05. The molecular formula is C18H16F7N3O2. The van der Waals surface area contributed by atoms with E-state index in [-0.39, 0.29) is 11.1 Å². The summed E-state index contributed by atoms with van der Waals surface area (Å²) in [5.41, 5.74) is 2.47. The molecule has 0 saturated heterocycles. The number of aromatic nitrogens is 1. The van der Waals surface area contributed by atoms with Crippen LogP contribution < -0.4 is 5.43 Å². The maximum absolute atomic E-state index is 13.3. The largest absolute Gasteiger partial charge is 0.465 e. The second-order valence-corrected chi connectivity index (χ2v) is 6.22. The highest BCUT2D eigenvalue weighted by Crippen LogP contribution is 2.45. The molecule has 12 heteroatoms. The van der Waals surface area contributed by atoms with Crippen molar-refractivity contribution < 1.29 is 40.3 Å². The molecule has 0 atom stereocenters. The minimum Gasteiger partial charge on any atom is -0.465 e. The molecule has 0 spiro atoms. The number of esters is 1. The van der Waals surface area contributed by atoms with Crippen molar-refractivity contribution in [3.8, 4) is 5.69 Å². The van der Waals surface area contributed by atoms with E-state index in [1.54, 1.807) is 30.5 Å². The van der Waals surface area contributed by atoms with Gasteiger partial charge in [-0.05, 0) is 38.1 Å². The van der Waals surface area contributed by atoms with Crippen LogP contribution in [-0.4, -0.2) is 42.0 Å². The number of rotatable bonds is 6. The summed E-state index contributed by atoms with van der Waals surface area (Å²) >= 11 is 0. The zero-order valence-electron chi connectivity index (χ0n) is 15.8. The predicted octanol–water partition coefficient (Wildman–Crippen LogP) is 4.59. The van der Waals surface area contributed by atoms with Gasteiger partial charge in [-0.2, -0.15) is 35.8 Å². The van der Waals surface area contributed by atoms with Crippen LogP contribution in [0, 0.1) is 13.8 Å². The Bertz CT molecular complexity index is 965. The van der Waals surface area contributed by atoms with E-state index in [9.17, 15) is 35.5 Å². The van der Waals surface area contributed by atoms with Gasteiger partial charge in [-0.15, -0.1) is 0 Å². The molecule has 5 nitrogen and oxygen atoms in total. The van der Waals surface area contributed by atoms with Crippen LogP contribution in [0.5, 0.6) is 0 Å². The molecule has 0 amide bonds. The van der Waals surface area contributed by atoms with Gasteiger partial charge in [0.2, 0.25) is 0 Å². The summed E-state index contributed by atoms with van der Waals surface area (Å²) in [6, 6.07) is 2.04. The lowest BCUT2D eigenvalue weighted by molar-refractivity contribution is -0.361. The molecule has 164 valence electrons. The van der Waals surface area contributed by atoms with E-state index in [4.69, 9.17) is 0 Å². The maximum atomic E-state index is 13.3. The summed E-state index contributed by atoms with van der Waals surface area (Å²) in [5, 5.41) is 2.87. The smallest absolute Gasteiger partial charge is 0.462 e. The molecule has 1 aromatic carbocycles. The number of hydrogen-bond donors (Lipinski definition) is 1. The van der Waals surface area contributed by atoms with Gasteiger partial charge < -0.3 is 9.30 Å². The third-order valence-electron chi connectivity index (χ3n) is 4.15. The van der Waals surface area contributed by atoms with Gasteiger partial charge in [0.15, 0.2) is 0 Å². The van der Waals surface area contributed by atoms with Crippen LogP contribution in [0.15, 0.2) is 35.4 Å². The zero-order chi connectivity index (χ0) is 22.9. The summed E-state index contributed by atoms with van der Waals surface area (Å²) < 4.78 is 95.0. The van der Waals surface area contributed by atoms with Gasteiger partial charge in [-0.25, -0.2) is 10.2 Å². The van der Waals surface area contributed by atoms with Crippen LogP contribution in [0.25, 0.3) is 5.69 Å². The van der Waals surface area contributed by atoms with Gasteiger partial charge in [0.1, 0.15) is 0 Å². The number of benzene rings is 1. The second-order valence-electron chi connectivity index (χ2n) is 6.22. The fourth-order valence-electron chi connectivity index (χ4n) is 2.64. The first kappa shape index (κ1) is 23.2. The Morgan fingerprint density at radius 3 is 2.30 bits per heavy atom. The van der Waals surface area contributed by atoms with E-state index >= 15 is 0 Å². The Labute approximate surface area is 166 Å². The first-order chi connectivity index (χ1) is 13.7. The Kier molecular flexibility index (Phi) is 6.19. The molecule has 2 aromatic rings. The lowest BCUT2D eigenvalue weighted by Crippen LogP contribution is -2.58. The molecule has 0 saturated carbocycles. The molecule has 0 fully saturated rings. The number of carbonyl (C=O) groups excluding carboxylic acids is 1. The normalized spacial score (nSPS) is 13.0. The van der Waals surface area contributed by atoms with Gasteiger partial charge in [0.05, 0.1) is 18.9 Å². The topological polar surface area (TPSA) is 55.6 Å². The molecular weight excluding hydrogens is 423 g/mol. The number of nitrogens with zero attached hydrogens (tertiary/aromatic N) is 2. The van der Waals surface area contributed by atoms with Crippen LogP contribution >= 0.6 is 0 Å². The van der Waals surface area contributed by atoms with Crippen molar-refractivity contribution in [3.63, 3.8) is 0 Å². The molecule has 2 rings (SSSR count). The lowest BCUT2D eigenvalue weighted by Gasteiger charge is -2.27. The first-order valence-corrected chi connectivity index (χ1v) is 8.23. The average molecular weight is 439 g/mol. The first-order valence-electron chi connectivity index (χ1n) is 8.23. The summed E-state index contributed by atoms with van der Waals surface area (Å²) in [6.07, 6.45) is -5.76. The van der Waals surface area contributed by atoms with Crippen molar-refractivity contribution in [1.82, 2.24) is 9.99 Å². The van der Waals surface area contributed by atoms with Crippen molar-refractivity contribution in [2.24, 2.45) is 5.10 Å². The molecule has 0 unspecified atom stereocenters. The molecule has 30 heavy (non-hydrogen) atoms. The minimum atomic E-state index is -6.46. The Morgan fingerprint density at radius 2 is 1.73 bits per heavy atom. The van der Waals surface area contributed by atoms with E-state index in [0.717, 1.165) is 0 Å². The highest BCUT2D eigenvalue weighted by molar-refractivity contribution is 5.90. The molecule has 1 heterocycles.